The summed E-state index contributed by atoms with van der Waals surface area (Å²) in [5.74, 6) is 2.22. The highest BCUT2D eigenvalue weighted by molar-refractivity contribution is 5.77. The SMILES string of the molecule is Cc1cccc(-c2noc([C@@H]3CN(C(=O)CC4CCN(C(C)C)CC4)C[C@@]34CCN(C)C4)n2)c1. The Hall–Kier alpha value is -2.25. The van der Waals surface area contributed by atoms with Crippen molar-refractivity contribution in [2.45, 2.75) is 58.4 Å². The van der Waals surface area contributed by atoms with E-state index in [2.05, 4.69) is 59.8 Å². The minimum atomic E-state index is 0.00181. The molecule has 7 heteroatoms. The van der Waals surface area contributed by atoms with Crippen molar-refractivity contribution in [3.63, 3.8) is 0 Å². The fraction of sp³-hybridized carbons (Fsp3) is 0.667. The summed E-state index contributed by atoms with van der Waals surface area (Å²) in [6, 6.07) is 8.80. The van der Waals surface area contributed by atoms with Crippen LogP contribution in [-0.4, -0.2) is 83.1 Å². The van der Waals surface area contributed by atoms with Gasteiger partial charge in [-0.2, -0.15) is 4.98 Å². The largest absolute Gasteiger partial charge is 0.341 e. The van der Waals surface area contributed by atoms with E-state index in [1.54, 1.807) is 0 Å². The Morgan fingerprint density at radius 1 is 1.21 bits per heavy atom. The minimum absolute atomic E-state index is 0.00181. The highest BCUT2D eigenvalue weighted by Crippen LogP contribution is 2.49. The third kappa shape index (κ3) is 4.65. The summed E-state index contributed by atoms with van der Waals surface area (Å²) in [5, 5.41) is 4.32. The van der Waals surface area contributed by atoms with Crippen LogP contribution >= 0.6 is 0 Å². The normalized spacial score (nSPS) is 26.9. The molecule has 1 aromatic heterocycles. The monoisotopic (exact) mass is 465 g/mol. The molecule has 3 aliphatic rings. The van der Waals surface area contributed by atoms with E-state index in [1.165, 1.54) is 5.56 Å². The number of carbonyl (C=O) groups is 1. The van der Waals surface area contributed by atoms with E-state index in [4.69, 9.17) is 9.51 Å². The zero-order valence-electron chi connectivity index (χ0n) is 21.2. The quantitative estimate of drug-likeness (QED) is 0.669. The van der Waals surface area contributed by atoms with Gasteiger partial charge in [-0.15, -0.1) is 0 Å². The lowest BCUT2D eigenvalue weighted by molar-refractivity contribution is -0.132. The van der Waals surface area contributed by atoms with Gasteiger partial charge in [0, 0.05) is 43.1 Å². The molecule has 0 radical (unpaired) electrons. The summed E-state index contributed by atoms with van der Waals surface area (Å²) >= 11 is 0. The van der Waals surface area contributed by atoms with Gasteiger partial charge in [-0.25, -0.2) is 0 Å². The van der Waals surface area contributed by atoms with Gasteiger partial charge in [0.05, 0.1) is 5.92 Å². The molecule has 0 unspecified atom stereocenters. The van der Waals surface area contributed by atoms with Crippen LogP contribution < -0.4 is 0 Å². The molecule has 184 valence electrons. The number of likely N-dealkylation sites (tertiary alicyclic amines) is 3. The Kier molecular flexibility index (Phi) is 6.51. The zero-order chi connectivity index (χ0) is 23.9. The van der Waals surface area contributed by atoms with Gasteiger partial charge in [0.25, 0.3) is 0 Å². The smallest absolute Gasteiger partial charge is 0.232 e. The molecule has 2 aromatic rings. The number of aromatic nitrogens is 2. The first-order chi connectivity index (χ1) is 16.3. The van der Waals surface area contributed by atoms with E-state index in [0.717, 1.165) is 57.5 Å². The van der Waals surface area contributed by atoms with Crippen LogP contribution in [0.1, 0.15) is 56.9 Å². The van der Waals surface area contributed by atoms with Crippen molar-refractivity contribution in [3.8, 4) is 11.4 Å². The van der Waals surface area contributed by atoms with Gasteiger partial charge in [0.1, 0.15) is 0 Å². The van der Waals surface area contributed by atoms with Gasteiger partial charge in [-0.05, 0) is 78.7 Å². The highest BCUT2D eigenvalue weighted by Gasteiger charge is 2.53. The van der Waals surface area contributed by atoms with Crippen molar-refractivity contribution in [1.82, 2.24) is 24.8 Å². The molecule has 0 saturated carbocycles. The number of amides is 1. The summed E-state index contributed by atoms with van der Waals surface area (Å²) in [6.45, 7) is 12.3. The fourth-order valence-corrected chi connectivity index (χ4v) is 6.35. The first-order valence-electron chi connectivity index (χ1n) is 12.9. The third-order valence-electron chi connectivity index (χ3n) is 8.44. The number of aryl methyl sites for hydroxylation is 1. The lowest BCUT2D eigenvalue weighted by Gasteiger charge is -2.35. The van der Waals surface area contributed by atoms with Crippen LogP contribution in [-0.2, 0) is 4.79 Å². The van der Waals surface area contributed by atoms with Gasteiger partial charge < -0.3 is 19.2 Å². The fourth-order valence-electron chi connectivity index (χ4n) is 6.35. The first-order valence-corrected chi connectivity index (χ1v) is 12.9. The van der Waals surface area contributed by atoms with Gasteiger partial charge in [0.2, 0.25) is 17.6 Å². The standard InChI is InChI=1S/C27H39N5O2/c1-19(2)31-11-8-21(9-12-31)15-24(33)32-16-23(27(18-32)10-13-30(4)17-27)26-28-25(29-34-26)22-7-5-6-20(3)14-22/h5-7,14,19,21,23H,8-13,15-18H2,1-4H3/t23-,27-/m0/s1. The van der Waals surface area contributed by atoms with E-state index >= 15 is 0 Å². The molecule has 1 aromatic carbocycles. The zero-order valence-corrected chi connectivity index (χ0v) is 21.2. The first kappa shape index (κ1) is 23.5. The molecule has 4 heterocycles. The number of piperidine rings is 1. The molecule has 3 saturated heterocycles. The van der Waals surface area contributed by atoms with Crippen LogP contribution in [0, 0.1) is 18.3 Å². The molecular weight excluding hydrogens is 426 g/mol. The lowest BCUT2D eigenvalue weighted by Crippen LogP contribution is -2.40. The Labute approximate surface area is 203 Å². The van der Waals surface area contributed by atoms with Gasteiger partial charge in [-0.3, -0.25) is 4.79 Å². The molecule has 1 amide bonds. The summed E-state index contributed by atoms with van der Waals surface area (Å²) in [5.41, 5.74) is 2.16. The molecule has 34 heavy (non-hydrogen) atoms. The van der Waals surface area contributed by atoms with Gasteiger partial charge >= 0.3 is 0 Å². The van der Waals surface area contributed by atoms with Crippen LogP contribution in [0.25, 0.3) is 11.4 Å². The van der Waals surface area contributed by atoms with Crippen LogP contribution in [0.15, 0.2) is 28.8 Å². The molecule has 0 N–H and O–H groups in total. The molecule has 3 aliphatic heterocycles. The molecule has 7 nitrogen and oxygen atoms in total. The Bertz CT molecular complexity index is 1010. The maximum Gasteiger partial charge on any atom is 0.232 e. The van der Waals surface area contributed by atoms with Crippen LogP contribution in [0.5, 0.6) is 0 Å². The average Bonchev–Trinajstić information content (AvgIpc) is 3.53. The van der Waals surface area contributed by atoms with Crippen molar-refractivity contribution in [2.75, 3.05) is 46.3 Å². The van der Waals surface area contributed by atoms with Crippen molar-refractivity contribution >= 4 is 5.91 Å². The van der Waals surface area contributed by atoms with Crippen molar-refractivity contribution < 1.29 is 9.32 Å². The van der Waals surface area contributed by atoms with Crippen LogP contribution in [0.4, 0.5) is 0 Å². The predicted molar refractivity (Wildman–Crippen MR) is 132 cm³/mol. The summed E-state index contributed by atoms with van der Waals surface area (Å²) in [4.78, 5) is 25.3. The minimum Gasteiger partial charge on any atom is -0.341 e. The maximum atomic E-state index is 13.4. The summed E-state index contributed by atoms with van der Waals surface area (Å²) in [6.07, 6.45) is 3.98. The van der Waals surface area contributed by atoms with Crippen molar-refractivity contribution in [2.24, 2.45) is 11.3 Å². The maximum absolute atomic E-state index is 13.4. The summed E-state index contributed by atoms with van der Waals surface area (Å²) in [7, 11) is 2.17. The topological polar surface area (TPSA) is 65.7 Å². The predicted octanol–water partition coefficient (Wildman–Crippen LogP) is 3.80. The summed E-state index contributed by atoms with van der Waals surface area (Å²) < 4.78 is 5.85. The molecular formula is C27H39N5O2. The molecule has 5 rings (SSSR count). The Morgan fingerprint density at radius 3 is 2.68 bits per heavy atom. The van der Waals surface area contributed by atoms with Crippen LogP contribution in [0.3, 0.4) is 0 Å². The van der Waals surface area contributed by atoms with Gasteiger partial charge in [0.15, 0.2) is 0 Å². The average molecular weight is 466 g/mol. The molecule has 0 bridgehead atoms. The second kappa shape index (κ2) is 9.42. The van der Waals surface area contributed by atoms with E-state index in [9.17, 15) is 4.79 Å². The number of nitrogens with zero attached hydrogens (tertiary/aromatic N) is 5. The number of benzene rings is 1. The van der Waals surface area contributed by atoms with Crippen molar-refractivity contribution in [3.05, 3.63) is 35.7 Å². The van der Waals surface area contributed by atoms with E-state index < -0.39 is 0 Å². The van der Waals surface area contributed by atoms with E-state index in [0.29, 0.717) is 42.5 Å². The van der Waals surface area contributed by atoms with Crippen LogP contribution in [0.2, 0.25) is 0 Å². The molecule has 2 atom stereocenters. The lowest BCUT2D eigenvalue weighted by atomic mass is 9.77. The number of rotatable bonds is 5. The second-order valence-electron chi connectivity index (χ2n) is 11.3. The van der Waals surface area contributed by atoms with Crippen molar-refractivity contribution in [1.29, 1.82) is 0 Å². The molecule has 3 fully saturated rings. The Balaban J connectivity index is 1.30. The number of carbonyl (C=O) groups excluding carboxylic acids is 1. The highest BCUT2D eigenvalue weighted by atomic mass is 16.5. The number of hydrogen-bond acceptors (Lipinski definition) is 6. The number of hydrogen-bond donors (Lipinski definition) is 0. The third-order valence-corrected chi connectivity index (χ3v) is 8.44. The van der Waals surface area contributed by atoms with Gasteiger partial charge in [-0.1, -0.05) is 28.9 Å². The van der Waals surface area contributed by atoms with E-state index in [-0.39, 0.29) is 11.3 Å². The Morgan fingerprint density at radius 2 is 2.00 bits per heavy atom. The van der Waals surface area contributed by atoms with E-state index in [1.807, 2.05) is 12.1 Å². The molecule has 1 spiro atoms. The molecule has 0 aliphatic carbocycles. The second-order valence-corrected chi connectivity index (χ2v) is 11.3.